The molecule has 18 heavy (non-hydrogen) atoms. The molecule has 1 aromatic rings. The Bertz CT molecular complexity index is 440. The summed E-state index contributed by atoms with van der Waals surface area (Å²) < 4.78 is 31.7. The van der Waals surface area contributed by atoms with Gasteiger partial charge in [0.1, 0.15) is 5.82 Å². The van der Waals surface area contributed by atoms with Crippen molar-refractivity contribution in [1.82, 2.24) is 9.97 Å². The highest BCUT2D eigenvalue weighted by atomic mass is 19.4. The average molecular weight is 268 g/mol. The number of aryl methyl sites for hydroxylation is 2. The van der Waals surface area contributed by atoms with Gasteiger partial charge in [0.2, 0.25) is 0 Å². The molecule has 1 rings (SSSR count). The quantitative estimate of drug-likeness (QED) is 0.756. The molecular weight excluding hydrogens is 257 g/mol. The van der Waals surface area contributed by atoms with Crippen LogP contribution >= 0.6 is 0 Å². The van der Waals surface area contributed by atoms with E-state index in [0.29, 0.717) is 5.69 Å². The van der Waals surface area contributed by atoms with Gasteiger partial charge in [0, 0.05) is 12.1 Å². The van der Waals surface area contributed by atoms with E-state index in [-0.39, 0.29) is 5.69 Å². The topological polar surface area (TPSA) is 103 Å². The maximum Gasteiger partial charge on any atom is 0.490 e. The van der Waals surface area contributed by atoms with E-state index < -0.39 is 18.1 Å². The number of aromatic nitrogens is 2. The van der Waals surface area contributed by atoms with Crippen LogP contribution < -0.4 is 0 Å². The number of imidazole rings is 1. The molecule has 9 heteroatoms. The largest absolute Gasteiger partial charge is 0.490 e. The van der Waals surface area contributed by atoms with Crippen LogP contribution in [0.25, 0.3) is 0 Å². The highest BCUT2D eigenvalue weighted by Crippen LogP contribution is 2.13. The number of carbonyl (C=O) groups is 2. The molecule has 0 bridgehead atoms. The second kappa shape index (κ2) is 6.03. The Morgan fingerprint density at radius 3 is 1.94 bits per heavy atom. The fourth-order valence-corrected chi connectivity index (χ4v) is 0.898. The highest BCUT2D eigenvalue weighted by Gasteiger charge is 2.38. The van der Waals surface area contributed by atoms with Crippen molar-refractivity contribution in [3.05, 3.63) is 17.2 Å². The maximum atomic E-state index is 10.6. The number of carboxylic acids is 2. The van der Waals surface area contributed by atoms with Crippen molar-refractivity contribution in [1.29, 1.82) is 0 Å². The summed E-state index contributed by atoms with van der Waals surface area (Å²) in [4.78, 5) is 26.1. The lowest BCUT2D eigenvalue weighted by molar-refractivity contribution is -0.192. The van der Waals surface area contributed by atoms with Crippen LogP contribution in [-0.4, -0.2) is 38.3 Å². The van der Waals surface area contributed by atoms with Crippen LogP contribution in [0.15, 0.2) is 0 Å². The highest BCUT2D eigenvalue weighted by molar-refractivity contribution is 5.86. The van der Waals surface area contributed by atoms with Gasteiger partial charge >= 0.3 is 18.1 Å². The molecule has 0 radical (unpaired) electrons. The number of aliphatic carboxylic acids is 1. The molecule has 0 saturated carbocycles. The number of rotatable bonds is 2. The van der Waals surface area contributed by atoms with Crippen LogP contribution in [-0.2, 0) is 11.2 Å². The van der Waals surface area contributed by atoms with Gasteiger partial charge in [-0.05, 0) is 6.92 Å². The van der Waals surface area contributed by atoms with Crippen LogP contribution in [0, 0.1) is 6.92 Å². The third kappa shape index (κ3) is 4.85. The maximum absolute atomic E-state index is 10.6. The van der Waals surface area contributed by atoms with E-state index in [0.717, 1.165) is 12.2 Å². The van der Waals surface area contributed by atoms with E-state index in [9.17, 15) is 18.0 Å². The first-order valence-corrected chi connectivity index (χ1v) is 4.68. The van der Waals surface area contributed by atoms with Gasteiger partial charge in [0.25, 0.3) is 0 Å². The van der Waals surface area contributed by atoms with E-state index in [4.69, 9.17) is 15.0 Å². The summed E-state index contributed by atoms with van der Waals surface area (Å²) in [6.45, 7) is 3.62. The van der Waals surface area contributed by atoms with Crippen molar-refractivity contribution in [2.75, 3.05) is 0 Å². The minimum Gasteiger partial charge on any atom is -0.476 e. The summed E-state index contributed by atoms with van der Waals surface area (Å²) in [5.41, 5.74) is 0.746. The number of aromatic amines is 1. The molecule has 1 aromatic heterocycles. The van der Waals surface area contributed by atoms with Gasteiger partial charge in [-0.2, -0.15) is 13.2 Å². The third-order valence-electron chi connectivity index (χ3n) is 1.71. The van der Waals surface area contributed by atoms with Gasteiger partial charge in [0.15, 0.2) is 5.69 Å². The smallest absolute Gasteiger partial charge is 0.476 e. The lowest BCUT2D eigenvalue weighted by Crippen LogP contribution is -2.21. The molecule has 1 heterocycles. The molecule has 0 aliphatic carbocycles. The van der Waals surface area contributed by atoms with Gasteiger partial charge in [-0.3, -0.25) is 0 Å². The van der Waals surface area contributed by atoms with Gasteiger partial charge in [-0.1, -0.05) is 6.92 Å². The number of alkyl halides is 3. The van der Waals surface area contributed by atoms with E-state index in [1.807, 2.05) is 6.92 Å². The Morgan fingerprint density at radius 2 is 1.78 bits per heavy atom. The van der Waals surface area contributed by atoms with Crippen molar-refractivity contribution >= 4 is 11.9 Å². The number of hydrogen-bond acceptors (Lipinski definition) is 3. The normalized spacial score (nSPS) is 10.5. The number of carboxylic acid groups (broad SMARTS) is 2. The SMILES string of the molecule is CCc1nc(C(=O)O)c(C)[nH]1.O=C(O)C(F)(F)F. The van der Waals surface area contributed by atoms with Crippen molar-refractivity contribution in [3.63, 3.8) is 0 Å². The predicted molar refractivity (Wildman–Crippen MR) is 53.4 cm³/mol. The zero-order valence-electron chi connectivity index (χ0n) is 9.50. The van der Waals surface area contributed by atoms with Crippen LogP contribution in [0.5, 0.6) is 0 Å². The fourth-order valence-electron chi connectivity index (χ4n) is 0.898. The number of nitrogens with zero attached hydrogens (tertiary/aromatic N) is 1. The van der Waals surface area contributed by atoms with Crippen molar-refractivity contribution in [3.8, 4) is 0 Å². The molecule has 0 atom stereocenters. The molecule has 0 aromatic carbocycles. The van der Waals surface area contributed by atoms with Gasteiger partial charge in [-0.15, -0.1) is 0 Å². The van der Waals surface area contributed by atoms with Crippen molar-refractivity contribution < 1.29 is 33.0 Å². The average Bonchev–Trinajstić information content (AvgIpc) is 2.59. The van der Waals surface area contributed by atoms with Gasteiger partial charge in [-0.25, -0.2) is 14.6 Å². The summed E-state index contributed by atoms with van der Waals surface area (Å²) in [5.74, 6) is -3.01. The van der Waals surface area contributed by atoms with Gasteiger partial charge < -0.3 is 15.2 Å². The molecule has 6 nitrogen and oxygen atoms in total. The van der Waals surface area contributed by atoms with E-state index in [1.165, 1.54) is 0 Å². The number of aromatic carboxylic acids is 1. The first-order chi connectivity index (χ1) is 8.09. The second-order valence-corrected chi connectivity index (χ2v) is 3.12. The summed E-state index contributed by atoms with van der Waals surface area (Å²) in [6.07, 6.45) is -4.35. The monoisotopic (exact) mass is 268 g/mol. The van der Waals surface area contributed by atoms with E-state index >= 15 is 0 Å². The number of hydrogen-bond donors (Lipinski definition) is 3. The minimum absolute atomic E-state index is 0.127. The Balaban J connectivity index is 0.000000360. The summed E-state index contributed by atoms with van der Waals surface area (Å²) in [7, 11) is 0. The second-order valence-electron chi connectivity index (χ2n) is 3.12. The minimum atomic E-state index is -5.08. The molecule has 0 amide bonds. The molecule has 0 saturated heterocycles. The zero-order valence-corrected chi connectivity index (χ0v) is 9.50. The molecule has 0 aliphatic heterocycles. The molecule has 3 N–H and O–H groups in total. The molecule has 0 spiro atoms. The zero-order chi connectivity index (χ0) is 14.5. The third-order valence-corrected chi connectivity index (χ3v) is 1.71. The number of H-pyrrole nitrogens is 1. The summed E-state index contributed by atoms with van der Waals surface area (Å²) in [6, 6.07) is 0. The van der Waals surface area contributed by atoms with Crippen LogP contribution in [0.2, 0.25) is 0 Å². The first-order valence-electron chi connectivity index (χ1n) is 4.68. The number of halogens is 3. The fraction of sp³-hybridized carbons (Fsp3) is 0.444. The lowest BCUT2D eigenvalue weighted by atomic mass is 10.4. The Kier molecular flexibility index (Phi) is 5.34. The molecular formula is C9H11F3N2O4. The first kappa shape index (κ1) is 15.9. The van der Waals surface area contributed by atoms with Crippen LogP contribution in [0.4, 0.5) is 13.2 Å². The van der Waals surface area contributed by atoms with Crippen LogP contribution in [0.1, 0.15) is 28.9 Å². The molecule has 0 fully saturated rings. The van der Waals surface area contributed by atoms with Crippen molar-refractivity contribution in [2.24, 2.45) is 0 Å². The Hall–Kier alpha value is -2.06. The Morgan fingerprint density at radius 1 is 1.33 bits per heavy atom. The Labute approximate surface area is 99.5 Å². The predicted octanol–water partition coefficient (Wildman–Crippen LogP) is 1.61. The van der Waals surface area contributed by atoms with E-state index in [2.05, 4.69) is 9.97 Å². The van der Waals surface area contributed by atoms with E-state index in [1.54, 1.807) is 6.92 Å². The summed E-state index contributed by atoms with van der Waals surface area (Å²) >= 11 is 0. The van der Waals surface area contributed by atoms with Crippen molar-refractivity contribution in [2.45, 2.75) is 26.4 Å². The summed E-state index contributed by atoms with van der Waals surface area (Å²) in [5, 5.41) is 15.7. The standard InChI is InChI=1S/C7H10N2O2.C2HF3O2/c1-3-5-8-4(2)6(9-5)7(10)11;3-2(4,5)1(6)7/h3H2,1-2H3,(H,8,9)(H,10,11);(H,6,7). The number of nitrogens with one attached hydrogen (secondary N) is 1. The molecule has 0 unspecified atom stereocenters. The molecule has 0 aliphatic rings. The lowest BCUT2D eigenvalue weighted by Gasteiger charge is -1.93. The van der Waals surface area contributed by atoms with Gasteiger partial charge in [0.05, 0.1) is 0 Å². The molecule has 102 valence electrons. The van der Waals surface area contributed by atoms with Crippen LogP contribution in [0.3, 0.4) is 0 Å².